The maximum atomic E-state index is 14.5. The molecule has 3 saturated heterocycles. The minimum atomic E-state index is -2.32. The lowest BCUT2D eigenvalue weighted by molar-refractivity contribution is -0.308. The minimum absolute atomic E-state index is 0.0127. The standard InChI is InChI=1S/C56H90N4O18/c1-35-17-15-13-11-9-7-5-6-8-10-12-14-16-18-42(77-55-53(72)50(52(71)38(4)76-55)58-47(68)21-22-57)32-46-49(54(73)60-25-23-59(24-26-60)27-28-61)45(67)34-56(74,78-46)33-41(64)30-44(66)43(65)20-19-39(62)29-40(63)31-48(69)75-37(3)36(2)51(35)70/h5-18,35-46,49-53,55,61-67,70-72,74H,19-34,57H2,1-4H3,(H,58,68)/b6-5+,9-7+,10-8+,13-11+,14-12+,17-15+,18-16+/t35-,36-,37-,38+,39+,40+,41-,42-,43+,44+,45-,46-,49+,50-,51+,52+,53-,55-,56+/m0/s1. The Morgan fingerprint density at radius 1 is 0.705 bits per heavy atom. The Morgan fingerprint density at radius 3 is 1.91 bits per heavy atom. The molecule has 14 N–H and O–H groups in total. The molecule has 4 aliphatic rings. The molecule has 442 valence electrons. The zero-order chi connectivity index (χ0) is 57.5. The summed E-state index contributed by atoms with van der Waals surface area (Å²) in [6.45, 7) is 8.48. The first-order valence-corrected chi connectivity index (χ1v) is 27.4. The van der Waals surface area contributed by atoms with Crippen LogP contribution in [0.15, 0.2) is 85.1 Å². The number of β-amino-alcohol motifs (C(OH)–C–C–N with tert-alkyl or cyclic N) is 1. The number of rotatable bonds is 8. The Labute approximate surface area is 458 Å². The highest BCUT2D eigenvalue weighted by molar-refractivity contribution is 5.80. The van der Waals surface area contributed by atoms with E-state index in [1.54, 1.807) is 79.5 Å². The molecule has 3 fully saturated rings. The number of nitrogens with two attached hydrogens (primary N) is 1. The van der Waals surface area contributed by atoms with Gasteiger partial charge in [0, 0.05) is 83.2 Å². The maximum Gasteiger partial charge on any atom is 0.308 e. The van der Waals surface area contributed by atoms with Gasteiger partial charge in [-0.2, -0.15) is 0 Å². The smallest absolute Gasteiger partial charge is 0.308 e. The molecule has 19 atom stereocenters. The fraction of sp³-hybridized carbons (Fsp3) is 0.696. The van der Waals surface area contributed by atoms with Crippen molar-refractivity contribution in [2.75, 3.05) is 45.9 Å². The van der Waals surface area contributed by atoms with E-state index in [1.165, 1.54) is 6.92 Å². The number of piperazine rings is 1. The molecule has 2 amide bonds. The first kappa shape index (κ1) is 66.5. The summed E-state index contributed by atoms with van der Waals surface area (Å²) in [7, 11) is 0. The summed E-state index contributed by atoms with van der Waals surface area (Å²) in [4.78, 5) is 43.4. The van der Waals surface area contributed by atoms with Gasteiger partial charge in [-0.1, -0.05) is 98.9 Å². The summed E-state index contributed by atoms with van der Waals surface area (Å²) in [6, 6.07) is -1.24. The van der Waals surface area contributed by atoms with Gasteiger partial charge in [0.25, 0.3) is 0 Å². The van der Waals surface area contributed by atoms with Gasteiger partial charge in [-0.05, 0) is 33.1 Å². The summed E-state index contributed by atoms with van der Waals surface area (Å²) >= 11 is 0. The van der Waals surface area contributed by atoms with Crippen molar-refractivity contribution in [1.82, 2.24) is 15.1 Å². The number of fused-ring (bicyclic) bond motifs is 2. The number of cyclic esters (lactones) is 1. The van der Waals surface area contributed by atoms with Crippen LogP contribution in [0.3, 0.4) is 0 Å². The Balaban J connectivity index is 1.66. The third-order valence-electron chi connectivity index (χ3n) is 14.8. The van der Waals surface area contributed by atoms with Crippen molar-refractivity contribution in [3.8, 4) is 0 Å². The Bertz CT molecular complexity index is 2030. The molecule has 0 aromatic carbocycles. The van der Waals surface area contributed by atoms with E-state index < -0.39 is 153 Å². The SMILES string of the molecule is C[C@@H]1[C@H](O)[C@@H](C)/C=C/C=C/C=C/C=C/C=C/C=C/C=C/[C@H](O[C@@H]2O[C@H](C)[C@@H](O)[C@H](NC(=O)CCN)[C@@H]2O)C[C@@H]2O[C@](O)(C[C@@H](O)C[C@@H](O)[C@H](O)CC[C@@H](O)C[C@@H](O)CC(=O)O[C@H]1C)C[C@H](O)[C@H]2C(=O)N1CCN(CCO)CC1. The van der Waals surface area contributed by atoms with Crippen molar-refractivity contribution in [3.63, 3.8) is 0 Å². The lowest BCUT2D eigenvalue weighted by Crippen LogP contribution is -2.64. The second-order valence-corrected chi connectivity index (χ2v) is 21.2. The van der Waals surface area contributed by atoms with E-state index in [4.69, 9.17) is 24.7 Å². The first-order chi connectivity index (χ1) is 37.1. The average molecular weight is 1110 g/mol. The number of carbonyl (C=O) groups excluding carboxylic acids is 3. The van der Waals surface area contributed by atoms with Crippen LogP contribution in [0, 0.1) is 17.8 Å². The van der Waals surface area contributed by atoms with Crippen molar-refractivity contribution in [2.24, 2.45) is 23.5 Å². The maximum absolute atomic E-state index is 14.5. The van der Waals surface area contributed by atoms with E-state index in [1.807, 2.05) is 36.1 Å². The van der Waals surface area contributed by atoms with E-state index in [-0.39, 0.29) is 64.3 Å². The van der Waals surface area contributed by atoms with Gasteiger partial charge in [-0.25, -0.2) is 0 Å². The van der Waals surface area contributed by atoms with Crippen LogP contribution in [0.1, 0.15) is 85.5 Å². The van der Waals surface area contributed by atoms with E-state index in [0.29, 0.717) is 19.6 Å². The molecule has 0 unspecified atom stereocenters. The van der Waals surface area contributed by atoms with Crippen molar-refractivity contribution >= 4 is 17.8 Å². The summed E-state index contributed by atoms with van der Waals surface area (Å²) in [5.41, 5.74) is 5.58. The number of hydrogen-bond donors (Lipinski definition) is 13. The van der Waals surface area contributed by atoms with E-state index in [2.05, 4.69) is 5.32 Å². The lowest BCUT2D eigenvalue weighted by atomic mass is 9.81. The monoisotopic (exact) mass is 1110 g/mol. The molecule has 78 heavy (non-hydrogen) atoms. The number of amides is 2. The highest BCUT2D eigenvalue weighted by atomic mass is 16.7. The van der Waals surface area contributed by atoms with Crippen LogP contribution in [0.5, 0.6) is 0 Å². The molecule has 0 radical (unpaired) electrons. The number of aliphatic hydroxyl groups excluding tert-OH is 10. The predicted octanol–water partition coefficient (Wildman–Crippen LogP) is -0.730. The summed E-state index contributed by atoms with van der Waals surface area (Å²) in [6.07, 6.45) is 3.36. The second-order valence-electron chi connectivity index (χ2n) is 21.2. The number of carbonyl (C=O) groups is 3. The largest absolute Gasteiger partial charge is 0.462 e. The molecule has 0 aromatic rings. The van der Waals surface area contributed by atoms with Crippen molar-refractivity contribution in [3.05, 3.63) is 85.1 Å². The van der Waals surface area contributed by atoms with Crippen LogP contribution in [0.25, 0.3) is 0 Å². The Morgan fingerprint density at radius 2 is 1.31 bits per heavy atom. The van der Waals surface area contributed by atoms with Crippen molar-refractivity contribution < 1.29 is 89.5 Å². The van der Waals surface area contributed by atoms with Crippen LogP contribution in [0.4, 0.5) is 0 Å². The number of hydrogen-bond acceptors (Lipinski definition) is 20. The molecule has 4 aliphatic heterocycles. The van der Waals surface area contributed by atoms with Gasteiger partial charge in [0.1, 0.15) is 18.3 Å². The zero-order valence-corrected chi connectivity index (χ0v) is 45.5. The average Bonchev–Trinajstić information content (AvgIpc) is 3.41. The van der Waals surface area contributed by atoms with Gasteiger partial charge in [0.2, 0.25) is 11.8 Å². The molecule has 4 rings (SSSR count). The van der Waals surface area contributed by atoms with Gasteiger partial charge < -0.3 is 91.1 Å². The third kappa shape index (κ3) is 21.8. The van der Waals surface area contributed by atoms with E-state index in [9.17, 15) is 70.6 Å². The van der Waals surface area contributed by atoms with Crippen molar-refractivity contribution in [2.45, 2.75) is 183 Å². The van der Waals surface area contributed by atoms with Gasteiger partial charge in [0.05, 0.1) is 86.0 Å². The van der Waals surface area contributed by atoms with Crippen LogP contribution >= 0.6 is 0 Å². The fourth-order valence-corrected chi connectivity index (χ4v) is 10.0. The molecule has 0 saturated carbocycles. The van der Waals surface area contributed by atoms with Gasteiger partial charge in [-0.3, -0.25) is 19.3 Å². The van der Waals surface area contributed by atoms with E-state index in [0.717, 1.165) is 0 Å². The number of nitrogens with one attached hydrogen (secondary N) is 1. The Hall–Kier alpha value is -4.05. The molecule has 0 aromatic heterocycles. The summed E-state index contributed by atoms with van der Waals surface area (Å²) < 4.78 is 24.2. The normalized spacial score (nSPS) is 41.3. The Kier molecular flexibility index (Phi) is 28.7. The molecule has 4 heterocycles. The minimum Gasteiger partial charge on any atom is -0.462 e. The molecule has 0 spiro atoms. The number of ether oxygens (including phenoxy) is 4. The molecule has 2 bridgehead atoms. The molecule has 0 aliphatic carbocycles. The van der Waals surface area contributed by atoms with Gasteiger partial charge in [-0.15, -0.1) is 0 Å². The number of aliphatic hydroxyl groups is 11. The fourth-order valence-electron chi connectivity index (χ4n) is 10.0. The topological polar surface area (TPSA) is 355 Å². The molecular formula is C56H90N4O18. The van der Waals surface area contributed by atoms with Gasteiger partial charge in [0.15, 0.2) is 12.1 Å². The highest BCUT2D eigenvalue weighted by Crippen LogP contribution is 2.39. The van der Waals surface area contributed by atoms with E-state index >= 15 is 0 Å². The number of nitrogens with zero attached hydrogens (tertiary/aromatic N) is 2. The van der Waals surface area contributed by atoms with Crippen molar-refractivity contribution in [1.29, 1.82) is 0 Å². The number of esters is 1. The molecule has 22 heteroatoms. The van der Waals surface area contributed by atoms with Gasteiger partial charge >= 0.3 is 5.97 Å². The van der Waals surface area contributed by atoms with Crippen LogP contribution in [-0.2, 0) is 33.3 Å². The van der Waals surface area contributed by atoms with Crippen LogP contribution in [0.2, 0.25) is 0 Å². The summed E-state index contributed by atoms with van der Waals surface area (Å²) in [5, 5.41) is 124. The number of allylic oxidation sites excluding steroid dienone is 12. The second kappa shape index (κ2) is 33.6. The highest BCUT2D eigenvalue weighted by Gasteiger charge is 2.52. The predicted molar refractivity (Wildman–Crippen MR) is 287 cm³/mol. The van der Waals surface area contributed by atoms with Crippen LogP contribution in [-0.4, -0.2) is 227 Å². The summed E-state index contributed by atoms with van der Waals surface area (Å²) in [5.74, 6) is -6.15. The molecule has 22 nitrogen and oxygen atoms in total. The lowest BCUT2D eigenvalue weighted by Gasteiger charge is -2.47. The zero-order valence-electron chi connectivity index (χ0n) is 45.5. The third-order valence-corrected chi connectivity index (χ3v) is 14.8. The van der Waals surface area contributed by atoms with Crippen LogP contribution < -0.4 is 11.1 Å². The quantitative estimate of drug-likeness (QED) is 0.133. The first-order valence-electron chi connectivity index (χ1n) is 27.4. The molecular weight excluding hydrogens is 1020 g/mol.